The molecule has 0 N–H and O–H groups in total. The maximum Gasteiger partial charge on any atom is 0.137 e. The zero-order valence-electron chi connectivity index (χ0n) is 22.7. The van der Waals surface area contributed by atoms with E-state index in [9.17, 15) is 0 Å². The van der Waals surface area contributed by atoms with Crippen LogP contribution in [0.4, 0.5) is 0 Å². The van der Waals surface area contributed by atoms with Crippen LogP contribution in [-0.4, -0.2) is 49.7 Å². The molecule has 3 unspecified atom stereocenters. The van der Waals surface area contributed by atoms with Crippen LogP contribution in [0.25, 0.3) is 0 Å². The van der Waals surface area contributed by atoms with Gasteiger partial charge in [-0.2, -0.15) is 0 Å². The molecule has 0 bridgehead atoms. The van der Waals surface area contributed by atoms with Crippen molar-refractivity contribution in [1.82, 2.24) is 0 Å². The normalized spacial score (nSPS) is 24.2. The summed E-state index contributed by atoms with van der Waals surface area (Å²) < 4.78 is 26.0. The van der Waals surface area contributed by atoms with E-state index < -0.39 is 0 Å². The molecule has 0 radical (unpaired) electrons. The van der Waals surface area contributed by atoms with Crippen molar-refractivity contribution in [2.75, 3.05) is 19.8 Å². The largest absolute Gasteiger partial charge is 0.373 e. The second kappa shape index (κ2) is 18.3. The number of benzene rings is 1. The lowest BCUT2D eigenvalue weighted by Crippen LogP contribution is -2.58. The molecular weight excluding hydrogens is 456 g/mol. The van der Waals surface area contributed by atoms with Crippen molar-refractivity contribution in [3.05, 3.63) is 29.8 Å². The molecule has 2 rings (SSSR count). The van der Waals surface area contributed by atoms with Crippen molar-refractivity contribution in [1.29, 1.82) is 0 Å². The van der Waals surface area contributed by atoms with Crippen LogP contribution in [0.15, 0.2) is 29.2 Å². The fourth-order valence-corrected chi connectivity index (χ4v) is 5.23. The van der Waals surface area contributed by atoms with Gasteiger partial charge in [0.1, 0.15) is 23.7 Å². The summed E-state index contributed by atoms with van der Waals surface area (Å²) in [5, 5.41) is 0. The summed E-state index contributed by atoms with van der Waals surface area (Å²) in [7, 11) is 0. The van der Waals surface area contributed by atoms with E-state index >= 15 is 0 Å². The van der Waals surface area contributed by atoms with Crippen molar-refractivity contribution in [3.8, 4) is 11.8 Å². The van der Waals surface area contributed by atoms with Crippen LogP contribution < -0.4 is 0 Å². The third-order valence-electron chi connectivity index (χ3n) is 6.16. The Morgan fingerprint density at radius 3 is 1.97 bits per heavy atom. The summed E-state index contributed by atoms with van der Waals surface area (Å²) in [6.45, 7) is 13.0. The number of unbranched alkanes of at least 4 members (excludes halogenated alkanes) is 5. The van der Waals surface area contributed by atoms with Crippen molar-refractivity contribution >= 4 is 11.8 Å². The fourth-order valence-electron chi connectivity index (χ4n) is 3.98. The standard InChI is InChI=1S/C30H48O4S/c1-6-10-14-15-18-25-19-16-17-20-26(25)35-30-29(33-23-13-9-4)28(32-22-12-8-3)27(24(5)34-30)31-21-11-7-2/h16-17,19-20,24,27-30H,6-14,21-23H2,1-5H3/t24?,27-,28?,29?,30-/m1/s1. The SMILES string of the molecule is CCCCC#Cc1ccccc1S[C@H]1OC(C)[C@@H](OCCCC)C(OCCCC)C1OCCCC. The molecule has 1 heterocycles. The van der Waals surface area contributed by atoms with E-state index in [0.29, 0.717) is 13.2 Å². The van der Waals surface area contributed by atoms with Gasteiger partial charge in [-0.05, 0) is 44.7 Å². The van der Waals surface area contributed by atoms with Gasteiger partial charge in [0.15, 0.2) is 0 Å². The van der Waals surface area contributed by atoms with Gasteiger partial charge in [-0.15, -0.1) is 0 Å². The van der Waals surface area contributed by atoms with Gasteiger partial charge in [0, 0.05) is 36.7 Å². The third kappa shape index (κ3) is 10.5. The van der Waals surface area contributed by atoms with Crippen LogP contribution in [0.5, 0.6) is 0 Å². The Balaban J connectivity index is 2.28. The first kappa shape index (κ1) is 30.2. The molecule has 0 aliphatic carbocycles. The van der Waals surface area contributed by atoms with Gasteiger partial charge >= 0.3 is 0 Å². The molecule has 5 heteroatoms. The van der Waals surface area contributed by atoms with E-state index in [4.69, 9.17) is 18.9 Å². The quantitative estimate of drug-likeness (QED) is 0.171. The fraction of sp³-hybridized carbons (Fsp3) is 0.733. The highest BCUT2D eigenvalue weighted by Crippen LogP contribution is 2.38. The zero-order valence-corrected chi connectivity index (χ0v) is 23.5. The van der Waals surface area contributed by atoms with Crippen molar-refractivity contribution in [2.45, 2.75) is 127 Å². The Labute approximate surface area is 219 Å². The number of thioether (sulfide) groups is 1. The number of hydrogen-bond donors (Lipinski definition) is 0. The lowest BCUT2D eigenvalue weighted by atomic mass is 10.00. The minimum atomic E-state index is -0.202. The Bertz CT molecular complexity index is 743. The molecule has 1 aliphatic heterocycles. The molecule has 1 aromatic carbocycles. The van der Waals surface area contributed by atoms with E-state index in [0.717, 1.165) is 74.9 Å². The Kier molecular flexibility index (Phi) is 15.7. The maximum absolute atomic E-state index is 6.60. The van der Waals surface area contributed by atoms with Gasteiger partial charge in [0.2, 0.25) is 0 Å². The van der Waals surface area contributed by atoms with Crippen LogP contribution in [-0.2, 0) is 18.9 Å². The second-order valence-corrected chi connectivity index (χ2v) is 10.4. The molecular formula is C30H48O4S. The minimum absolute atomic E-state index is 0.0789. The molecule has 0 spiro atoms. The molecule has 1 aromatic rings. The highest BCUT2D eigenvalue weighted by molar-refractivity contribution is 7.99. The molecule has 1 aliphatic rings. The molecule has 198 valence electrons. The second-order valence-electron chi connectivity index (χ2n) is 9.30. The van der Waals surface area contributed by atoms with Crippen molar-refractivity contribution in [3.63, 3.8) is 0 Å². The van der Waals surface area contributed by atoms with Crippen LogP contribution >= 0.6 is 11.8 Å². The first-order chi connectivity index (χ1) is 17.2. The average Bonchev–Trinajstić information content (AvgIpc) is 2.86. The molecule has 4 nitrogen and oxygen atoms in total. The van der Waals surface area contributed by atoms with E-state index in [2.05, 4.69) is 70.7 Å². The van der Waals surface area contributed by atoms with Gasteiger partial charge in [-0.1, -0.05) is 89.1 Å². The molecule has 1 saturated heterocycles. The van der Waals surface area contributed by atoms with E-state index in [1.54, 1.807) is 11.8 Å². The number of hydrogen-bond acceptors (Lipinski definition) is 5. The summed E-state index contributed by atoms with van der Waals surface area (Å²) in [4.78, 5) is 1.13. The van der Waals surface area contributed by atoms with Gasteiger partial charge < -0.3 is 18.9 Å². The number of rotatable bonds is 16. The van der Waals surface area contributed by atoms with E-state index in [-0.39, 0.29) is 29.9 Å². The Hall–Kier alpha value is -1.03. The first-order valence-corrected chi connectivity index (χ1v) is 14.8. The van der Waals surface area contributed by atoms with Crippen LogP contribution in [0, 0.1) is 11.8 Å². The lowest BCUT2D eigenvalue weighted by molar-refractivity contribution is -0.235. The van der Waals surface area contributed by atoms with E-state index in [1.165, 1.54) is 0 Å². The Morgan fingerprint density at radius 2 is 1.34 bits per heavy atom. The highest BCUT2D eigenvalue weighted by atomic mass is 32.2. The number of ether oxygens (including phenoxy) is 4. The molecule has 0 amide bonds. The average molecular weight is 505 g/mol. The third-order valence-corrected chi connectivity index (χ3v) is 7.38. The first-order valence-electron chi connectivity index (χ1n) is 13.9. The lowest BCUT2D eigenvalue weighted by Gasteiger charge is -2.45. The smallest absolute Gasteiger partial charge is 0.137 e. The van der Waals surface area contributed by atoms with Gasteiger partial charge in [-0.3, -0.25) is 0 Å². The van der Waals surface area contributed by atoms with Gasteiger partial charge in [-0.25, -0.2) is 0 Å². The summed E-state index contributed by atoms with van der Waals surface area (Å²) in [6.07, 6.45) is 9.05. The monoisotopic (exact) mass is 504 g/mol. The van der Waals surface area contributed by atoms with Crippen LogP contribution in [0.1, 0.15) is 98.0 Å². The van der Waals surface area contributed by atoms with E-state index in [1.807, 2.05) is 0 Å². The molecule has 35 heavy (non-hydrogen) atoms. The predicted octanol–water partition coefficient (Wildman–Crippen LogP) is 7.62. The zero-order chi connectivity index (χ0) is 25.3. The molecule has 5 atom stereocenters. The summed E-state index contributed by atoms with van der Waals surface area (Å²) in [6, 6.07) is 8.38. The summed E-state index contributed by atoms with van der Waals surface area (Å²) in [5.41, 5.74) is 0.875. The summed E-state index contributed by atoms with van der Waals surface area (Å²) >= 11 is 1.71. The van der Waals surface area contributed by atoms with Gasteiger partial charge in [0.25, 0.3) is 0 Å². The van der Waals surface area contributed by atoms with Crippen LogP contribution in [0.3, 0.4) is 0 Å². The summed E-state index contributed by atoms with van der Waals surface area (Å²) in [5.74, 6) is 6.73. The minimum Gasteiger partial charge on any atom is -0.373 e. The predicted molar refractivity (Wildman–Crippen MR) is 147 cm³/mol. The maximum atomic E-state index is 6.60. The van der Waals surface area contributed by atoms with Gasteiger partial charge in [0.05, 0.1) is 6.10 Å². The van der Waals surface area contributed by atoms with Crippen molar-refractivity contribution in [2.24, 2.45) is 0 Å². The highest BCUT2D eigenvalue weighted by Gasteiger charge is 2.47. The molecule has 0 saturated carbocycles. The Morgan fingerprint density at radius 1 is 0.771 bits per heavy atom. The molecule has 0 aromatic heterocycles. The topological polar surface area (TPSA) is 36.9 Å². The van der Waals surface area contributed by atoms with Crippen molar-refractivity contribution < 1.29 is 18.9 Å². The van der Waals surface area contributed by atoms with Crippen LogP contribution in [0.2, 0.25) is 0 Å². The molecule has 1 fully saturated rings.